The maximum atomic E-state index is 12.2. The number of aliphatic hydroxyl groups is 2. The fourth-order valence-electron chi connectivity index (χ4n) is 7.94. The van der Waals surface area contributed by atoms with E-state index in [0.29, 0.717) is 23.5 Å². The molecule has 136 valence electrons. The molecular weight excluding hydrogens is 300 g/mol. The molecule has 0 radical (unpaired) electrons. The fourth-order valence-corrected chi connectivity index (χ4v) is 7.94. The monoisotopic (exact) mass is 334 g/mol. The molecule has 0 aliphatic heterocycles. The predicted octanol–water partition coefficient (Wildman–Crippen LogP) is 3.57. The van der Waals surface area contributed by atoms with E-state index in [4.69, 9.17) is 0 Å². The predicted molar refractivity (Wildman–Crippen MR) is 93.3 cm³/mol. The van der Waals surface area contributed by atoms with Gasteiger partial charge in [-0.05, 0) is 92.8 Å². The van der Waals surface area contributed by atoms with Gasteiger partial charge < -0.3 is 10.2 Å². The van der Waals surface area contributed by atoms with Gasteiger partial charge in [0.05, 0.1) is 12.2 Å². The summed E-state index contributed by atoms with van der Waals surface area (Å²) in [6.07, 6.45) is 7.60. The van der Waals surface area contributed by atoms with Gasteiger partial charge in [0.2, 0.25) is 0 Å². The molecule has 4 aliphatic rings. The number of hydrogen-bond acceptors (Lipinski definition) is 3. The Morgan fingerprint density at radius 1 is 0.917 bits per heavy atom. The molecule has 0 spiro atoms. The van der Waals surface area contributed by atoms with Gasteiger partial charge in [0.25, 0.3) is 0 Å². The Hall–Kier alpha value is -0.410. The average Bonchev–Trinajstić information content (AvgIpc) is 2.86. The SMILES string of the molecule is CC(=O)[C@H]1CCC2[C@@H]3CCC4C[C@H](O)[C@@H](O)C[C@]4(C)C3CC[C@@]21C. The van der Waals surface area contributed by atoms with Crippen LogP contribution in [0.1, 0.15) is 72.1 Å². The third-order valence-corrected chi connectivity index (χ3v) is 9.18. The van der Waals surface area contributed by atoms with Crippen LogP contribution in [0.3, 0.4) is 0 Å². The summed E-state index contributed by atoms with van der Waals surface area (Å²) in [5.41, 5.74) is 0.389. The van der Waals surface area contributed by atoms with Crippen LogP contribution >= 0.6 is 0 Å². The maximum Gasteiger partial charge on any atom is 0.133 e. The Bertz CT molecular complexity index is 531. The van der Waals surface area contributed by atoms with Crippen LogP contribution in [0.4, 0.5) is 0 Å². The van der Waals surface area contributed by atoms with Crippen LogP contribution in [0.25, 0.3) is 0 Å². The first-order valence-electron chi connectivity index (χ1n) is 10.1. The van der Waals surface area contributed by atoms with E-state index in [1.165, 1.54) is 32.1 Å². The van der Waals surface area contributed by atoms with E-state index in [2.05, 4.69) is 13.8 Å². The number of Topliss-reactive ketones (excluding diaryl/α,β-unsaturated/α-hetero) is 1. The highest BCUT2D eigenvalue weighted by Gasteiger charge is 2.61. The summed E-state index contributed by atoms with van der Waals surface area (Å²) >= 11 is 0. The van der Waals surface area contributed by atoms with Gasteiger partial charge in [0, 0.05) is 5.92 Å². The smallest absolute Gasteiger partial charge is 0.133 e. The molecule has 2 N–H and O–H groups in total. The molecule has 0 heterocycles. The van der Waals surface area contributed by atoms with Gasteiger partial charge in [-0.3, -0.25) is 4.79 Å². The maximum absolute atomic E-state index is 12.2. The van der Waals surface area contributed by atoms with Crippen LogP contribution in [-0.2, 0) is 4.79 Å². The number of hydrogen-bond donors (Lipinski definition) is 2. The van der Waals surface area contributed by atoms with Gasteiger partial charge in [-0.15, -0.1) is 0 Å². The molecule has 9 atom stereocenters. The molecule has 0 bridgehead atoms. The number of rotatable bonds is 1. The molecule has 3 nitrogen and oxygen atoms in total. The highest BCUT2D eigenvalue weighted by atomic mass is 16.3. The third-order valence-electron chi connectivity index (χ3n) is 9.18. The number of aliphatic hydroxyl groups excluding tert-OH is 2. The summed E-state index contributed by atoms with van der Waals surface area (Å²) in [5.74, 6) is 3.31. The second kappa shape index (κ2) is 5.54. The lowest BCUT2D eigenvalue weighted by molar-refractivity contribution is -0.160. The van der Waals surface area contributed by atoms with Gasteiger partial charge in [-0.2, -0.15) is 0 Å². The lowest BCUT2D eigenvalue weighted by Gasteiger charge is -2.61. The summed E-state index contributed by atoms with van der Waals surface area (Å²) < 4.78 is 0. The Morgan fingerprint density at radius 3 is 2.33 bits per heavy atom. The largest absolute Gasteiger partial charge is 0.390 e. The minimum absolute atomic E-state index is 0.178. The Morgan fingerprint density at radius 2 is 1.62 bits per heavy atom. The zero-order valence-electron chi connectivity index (χ0n) is 15.5. The van der Waals surface area contributed by atoms with Gasteiger partial charge >= 0.3 is 0 Å². The molecule has 24 heavy (non-hydrogen) atoms. The van der Waals surface area contributed by atoms with Crippen molar-refractivity contribution in [2.45, 2.75) is 84.3 Å². The molecule has 0 aromatic rings. The van der Waals surface area contributed by atoms with Gasteiger partial charge in [-0.1, -0.05) is 13.8 Å². The van der Waals surface area contributed by atoms with Crippen molar-refractivity contribution >= 4 is 5.78 Å². The van der Waals surface area contributed by atoms with Crippen molar-refractivity contribution in [2.75, 3.05) is 0 Å². The highest BCUT2D eigenvalue weighted by molar-refractivity contribution is 5.79. The first kappa shape index (κ1) is 17.0. The normalized spacial score (nSPS) is 57.0. The van der Waals surface area contributed by atoms with E-state index in [-0.39, 0.29) is 16.7 Å². The molecule has 0 aromatic heterocycles. The lowest BCUT2D eigenvalue weighted by atomic mass is 9.44. The molecule has 4 aliphatic carbocycles. The summed E-state index contributed by atoms with van der Waals surface area (Å²) in [4.78, 5) is 12.2. The van der Waals surface area contributed by atoms with Crippen molar-refractivity contribution in [2.24, 2.45) is 40.4 Å². The van der Waals surface area contributed by atoms with E-state index < -0.39 is 12.2 Å². The van der Waals surface area contributed by atoms with Crippen LogP contribution < -0.4 is 0 Å². The summed E-state index contributed by atoms with van der Waals surface area (Å²) in [6, 6.07) is 0. The minimum atomic E-state index is -0.549. The molecule has 4 saturated carbocycles. The molecule has 0 amide bonds. The lowest BCUT2D eigenvalue weighted by Crippen LogP contribution is -2.56. The number of carbonyl (C=O) groups excluding carboxylic acids is 1. The van der Waals surface area contributed by atoms with E-state index in [1.54, 1.807) is 6.92 Å². The van der Waals surface area contributed by atoms with Crippen molar-refractivity contribution in [1.82, 2.24) is 0 Å². The van der Waals surface area contributed by atoms with Crippen LogP contribution in [0.2, 0.25) is 0 Å². The minimum Gasteiger partial charge on any atom is -0.390 e. The summed E-state index contributed by atoms with van der Waals surface area (Å²) in [5, 5.41) is 20.5. The standard InChI is InChI=1S/C21H34O3/c1-12(22)15-6-7-16-14-5-4-13-10-18(23)19(24)11-21(13,3)17(14)8-9-20(15,16)2/h13-19,23-24H,4-11H2,1-3H3/t13?,14-,15+,16?,17?,18-,19-,20+,21-/m0/s1. The van der Waals surface area contributed by atoms with Crippen LogP contribution in [0.15, 0.2) is 0 Å². The number of fused-ring (bicyclic) bond motifs is 5. The second-order valence-corrected chi connectivity index (χ2v) is 10.0. The number of carbonyl (C=O) groups is 1. The van der Waals surface area contributed by atoms with Crippen LogP contribution in [0, 0.1) is 40.4 Å². The van der Waals surface area contributed by atoms with E-state index in [0.717, 1.165) is 25.2 Å². The molecule has 0 aromatic carbocycles. The molecule has 3 heteroatoms. The first-order valence-corrected chi connectivity index (χ1v) is 10.1. The van der Waals surface area contributed by atoms with E-state index >= 15 is 0 Å². The second-order valence-electron chi connectivity index (χ2n) is 10.0. The van der Waals surface area contributed by atoms with Crippen LogP contribution in [0.5, 0.6) is 0 Å². The highest BCUT2D eigenvalue weighted by Crippen LogP contribution is 2.67. The zero-order chi connectivity index (χ0) is 17.3. The van der Waals surface area contributed by atoms with Crippen LogP contribution in [-0.4, -0.2) is 28.2 Å². The topological polar surface area (TPSA) is 57.5 Å². The molecule has 4 fully saturated rings. The van der Waals surface area contributed by atoms with Crippen molar-refractivity contribution in [3.05, 3.63) is 0 Å². The molecular formula is C21H34O3. The summed E-state index contributed by atoms with van der Waals surface area (Å²) in [6.45, 7) is 6.58. The van der Waals surface area contributed by atoms with Crippen molar-refractivity contribution in [3.8, 4) is 0 Å². The Labute approximate surface area is 146 Å². The fraction of sp³-hybridized carbons (Fsp3) is 0.952. The molecule has 3 unspecified atom stereocenters. The number of ketones is 1. The van der Waals surface area contributed by atoms with Gasteiger partial charge in [0.15, 0.2) is 0 Å². The van der Waals surface area contributed by atoms with Crippen molar-refractivity contribution in [3.63, 3.8) is 0 Å². The van der Waals surface area contributed by atoms with E-state index in [1.807, 2.05) is 0 Å². The quantitative estimate of drug-likeness (QED) is 0.771. The Kier molecular flexibility index (Phi) is 3.93. The van der Waals surface area contributed by atoms with Crippen molar-refractivity contribution in [1.29, 1.82) is 0 Å². The molecule has 4 rings (SSSR count). The van der Waals surface area contributed by atoms with Gasteiger partial charge in [-0.25, -0.2) is 0 Å². The van der Waals surface area contributed by atoms with Gasteiger partial charge in [0.1, 0.15) is 5.78 Å². The first-order chi connectivity index (χ1) is 11.3. The average molecular weight is 335 g/mol. The summed E-state index contributed by atoms with van der Waals surface area (Å²) in [7, 11) is 0. The molecule has 0 saturated heterocycles. The third kappa shape index (κ3) is 2.19. The zero-order valence-corrected chi connectivity index (χ0v) is 15.5. The van der Waals surface area contributed by atoms with Crippen molar-refractivity contribution < 1.29 is 15.0 Å². The Balaban J connectivity index is 1.62. The van der Waals surface area contributed by atoms with E-state index in [9.17, 15) is 15.0 Å².